The van der Waals surface area contributed by atoms with E-state index < -0.39 is 11.1 Å². The van der Waals surface area contributed by atoms with Crippen molar-refractivity contribution in [2.45, 2.75) is 38.3 Å². The van der Waals surface area contributed by atoms with Crippen molar-refractivity contribution in [2.24, 2.45) is 5.73 Å². The summed E-state index contributed by atoms with van der Waals surface area (Å²) in [5, 5.41) is 9.88. The summed E-state index contributed by atoms with van der Waals surface area (Å²) in [5.74, 6) is 0. The fraction of sp³-hybridized carbons (Fsp3) is 0.500. The zero-order chi connectivity index (χ0) is 10.8. The van der Waals surface area contributed by atoms with E-state index in [1.165, 1.54) is 0 Å². The first kappa shape index (κ1) is 11.2. The van der Waals surface area contributed by atoms with E-state index >= 15 is 0 Å². The molecule has 0 bridgehead atoms. The number of hydrogen-bond acceptors (Lipinski definition) is 2. The number of nitrogens with two attached hydrogens (primary N) is 1. The van der Waals surface area contributed by atoms with Crippen molar-refractivity contribution in [3.8, 4) is 0 Å². The van der Waals surface area contributed by atoms with Gasteiger partial charge in [-0.15, -0.1) is 0 Å². The molecule has 1 rings (SSSR count). The summed E-state index contributed by atoms with van der Waals surface area (Å²) < 4.78 is 0. The molecule has 1 aromatic carbocycles. The summed E-state index contributed by atoms with van der Waals surface area (Å²) in [5.41, 5.74) is 5.75. The molecule has 0 aliphatic rings. The van der Waals surface area contributed by atoms with Crippen molar-refractivity contribution in [3.05, 3.63) is 35.9 Å². The third-order valence-electron chi connectivity index (χ3n) is 2.81. The summed E-state index contributed by atoms with van der Waals surface area (Å²) in [6, 6.07) is 9.99. The predicted molar refractivity (Wildman–Crippen MR) is 59.0 cm³/mol. The van der Waals surface area contributed by atoms with E-state index in [1.807, 2.05) is 37.3 Å². The summed E-state index contributed by atoms with van der Waals surface area (Å²) in [4.78, 5) is 0. The van der Waals surface area contributed by atoms with Gasteiger partial charge in [0.1, 0.15) is 0 Å². The van der Waals surface area contributed by atoms with Gasteiger partial charge < -0.3 is 10.8 Å². The fourth-order valence-corrected chi connectivity index (χ4v) is 1.24. The lowest BCUT2D eigenvalue weighted by molar-refractivity contribution is 0.00595. The molecule has 1 aromatic rings. The van der Waals surface area contributed by atoms with Crippen LogP contribution in [-0.4, -0.2) is 16.2 Å². The van der Waals surface area contributed by atoms with Crippen LogP contribution in [-0.2, 0) is 6.42 Å². The van der Waals surface area contributed by atoms with Crippen LogP contribution in [0.15, 0.2) is 30.3 Å². The van der Waals surface area contributed by atoms with Gasteiger partial charge in [-0.05, 0) is 32.8 Å². The standard InChI is InChI=1S/C12H19NO/c1-11(2,14)12(3,13)9-10-7-5-4-6-8-10/h4-8,14H,9,13H2,1-3H3. The van der Waals surface area contributed by atoms with E-state index in [9.17, 15) is 5.11 Å². The molecule has 14 heavy (non-hydrogen) atoms. The van der Waals surface area contributed by atoms with Crippen molar-refractivity contribution < 1.29 is 5.11 Å². The second-order valence-electron chi connectivity index (χ2n) is 4.64. The van der Waals surface area contributed by atoms with Crippen molar-refractivity contribution in [1.29, 1.82) is 0 Å². The Labute approximate surface area is 85.8 Å². The van der Waals surface area contributed by atoms with E-state index in [0.29, 0.717) is 6.42 Å². The second-order valence-corrected chi connectivity index (χ2v) is 4.64. The van der Waals surface area contributed by atoms with Crippen LogP contribution in [0.2, 0.25) is 0 Å². The van der Waals surface area contributed by atoms with Crippen LogP contribution in [0.25, 0.3) is 0 Å². The van der Waals surface area contributed by atoms with Crippen LogP contribution in [0.5, 0.6) is 0 Å². The number of benzene rings is 1. The Bertz CT molecular complexity index is 285. The van der Waals surface area contributed by atoms with Crippen molar-refractivity contribution in [3.63, 3.8) is 0 Å². The minimum Gasteiger partial charge on any atom is -0.389 e. The lowest BCUT2D eigenvalue weighted by Crippen LogP contribution is -2.56. The largest absolute Gasteiger partial charge is 0.389 e. The highest BCUT2D eigenvalue weighted by molar-refractivity contribution is 5.18. The van der Waals surface area contributed by atoms with Gasteiger partial charge in [0.15, 0.2) is 0 Å². The molecule has 0 fully saturated rings. The molecule has 0 spiro atoms. The molecule has 3 N–H and O–H groups in total. The summed E-state index contributed by atoms with van der Waals surface area (Å²) >= 11 is 0. The smallest absolute Gasteiger partial charge is 0.0770 e. The Hall–Kier alpha value is -0.860. The SMILES string of the molecule is CC(C)(O)C(C)(N)Cc1ccccc1. The van der Waals surface area contributed by atoms with Crippen molar-refractivity contribution >= 4 is 0 Å². The Morgan fingerprint density at radius 2 is 1.64 bits per heavy atom. The molecule has 0 radical (unpaired) electrons. The average molecular weight is 193 g/mol. The highest BCUT2D eigenvalue weighted by Crippen LogP contribution is 2.22. The highest BCUT2D eigenvalue weighted by Gasteiger charge is 2.35. The second kappa shape index (κ2) is 3.71. The normalized spacial score (nSPS) is 16.4. The van der Waals surface area contributed by atoms with Gasteiger partial charge in [-0.2, -0.15) is 0 Å². The van der Waals surface area contributed by atoms with Gasteiger partial charge >= 0.3 is 0 Å². The Balaban J connectivity index is 2.79. The number of aliphatic hydroxyl groups is 1. The van der Waals surface area contributed by atoms with E-state index in [0.717, 1.165) is 5.56 Å². The average Bonchev–Trinajstić information content (AvgIpc) is 2.03. The Kier molecular flexibility index (Phi) is 2.98. The maximum Gasteiger partial charge on any atom is 0.0770 e. The summed E-state index contributed by atoms with van der Waals surface area (Å²) in [6.07, 6.45) is 0.678. The maximum atomic E-state index is 9.88. The zero-order valence-electron chi connectivity index (χ0n) is 9.12. The first-order valence-electron chi connectivity index (χ1n) is 4.88. The van der Waals surface area contributed by atoms with Gasteiger partial charge in [0.05, 0.1) is 5.60 Å². The zero-order valence-corrected chi connectivity index (χ0v) is 9.12. The molecular formula is C12H19NO. The minimum absolute atomic E-state index is 0.603. The van der Waals surface area contributed by atoms with Crippen LogP contribution in [0.1, 0.15) is 26.3 Å². The van der Waals surface area contributed by atoms with Crippen LogP contribution in [0.3, 0.4) is 0 Å². The van der Waals surface area contributed by atoms with Gasteiger partial charge in [0.2, 0.25) is 0 Å². The molecular weight excluding hydrogens is 174 g/mol. The number of hydrogen-bond donors (Lipinski definition) is 2. The lowest BCUT2D eigenvalue weighted by atomic mass is 9.80. The molecule has 0 saturated heterocycles. The molecule has 0 aromatic heterocycles. The Morgan fingerprint density at radius 3 is 2.07 bits per heavy atom. The minimum atomic E-state index is -0.872. The monoisotopic (exact) mass is 193 g/mol. The fourth-order valence-electron chi connectivity index (χ4n) is 1.24. The van der Waals surface area contributed by atoms with Gasteiger partial charge in [-0.1, -0.05) is 30.3 Å². The van der Waals surface area contributed by atoms with Crippen LogP contribution < -0.4 is 5.73 Å². The lowest BCUT2D eigenvalue weighted by Gasteiger charge is -2.37. The van der Waals surface area contributed by atoms with E-state index in [2.05, 4.69) is 0 Å². The highest BCUT2D eigenvalue weighted by atomic mass is 16.3. The quantitative estimate of drug-likeness (QED) is 0.767. The third-order valence-corrected chi connectivity index (χ3v) is 2.81. The van der Waals surface area contributed by atoms with Crippen LogP contribution >= 0.6 is 0 Å². The molecule has 2 nitrogen and oxygen atoms in total. The maximum absolute atomic E-state index is 9.88. The van der Waals surface area contributed by atoms with Crippen molar-refractivity contribution in [2.75, 3.05) is 0 Å². The first-order valence-corrected chi connectivity index (χ1v) is 4.88. The summed E-state index contributed by atoms with van der Waals surface area (Å²) in [6.45, 7) is 5.37. The molecule has 1 unspecified atom stereocenters. The molecule has 2 heteroatoms. The van der Waals surface area contributed by atoms with E-state index in [1.54, 1.807) is 13.8 Å². The van der Waals surface area contributed by atoms with Gasteiger partial charge in [-0.3, -0.25) is 0 Å². The third kappa shape index (κ3) is 2.56. The molecule has 0 saturated carbocycles. The van der Waals surface area contributed by atoms with Gasteiger partial charge in [0, 0.05) is 5.54 Å². The molecule has 78 valence electrons. The summed E-state index contributed by atoms with van der Waals surface area (Å²) in [7, 11) is 0. The van der Waals surface area contributed by atoms with Crippen molar-refractivity contribution in [1.82, 2.24) is 0 Å². The molecule has 0 aliphatic carbocycles. The topological polar surface area (TPSA) is 46.2 Å². The predicted octanol–water partition coefficient (Wildman–Crippen LogP) is 1.72. The van der Waals surface area contributed by atoms with E-state index in [4.69, 9.17) is 5.73 Å². The first-order chi connectivity index (χ1) is 6.33. The van der Waals surface area contributed by atoms with Crippen LogP contribution in [0, 0.1) is 0 Å². The van der Waals surface area contributed by atoms with Gasteiger partial charge in [0.25, 0.3) is 0 Å². The van der Waals surface area contributed by atoms with E-state index in [-0.39, 0.29) is 0 Å². The molecule has 0 heterocycles. The molecule has 0 amide bonds. The van der Waals surface area contributed by atoms with Gasteiger partial charge in [-0.25, -0.2) is 0 Å². The molecule has 1 atom stereocenters. The number of rotatable bonds is 3. The molecule has 0 aliphatic heterocycles. The Morgan fingerprint density at radius 1 is 1.14 bits per heavy atom. The van der Waals surface area contributed by atoms with Crippen LogP contribution in [0.4, 0.5) is 0 Å².